The van der Waals surface area contributed by atoms with Gasteiger partial charge in [-0.1, -0.05) is 32.0 Å². The third-order valence-electron chi connectivity index (χ3n) is 2.00. The summed E-state index contributed by atoms with van der Waals surface area (Å²) in [5, 5.41) is 0. The molecule has 0 amide bonds. The molecule has 0 bridgehead atoms. The topological polar surface area (TPSA) is 9.23 Å². The molecule has 15 heavy (non-hydrogen) atoms. The summed E-state index contributed by atoms with van der Waals surface area (Å²) in [5.74, 6) is 1.45. The molecule has 0 aliphatic carbocycles. The van der Waals surface area contributed by atoms with Gasteiger partial charge in [0.1, 0.15) is 5.75 Å². The van der Waals surface area contributed by atoms with Gasteiger partial charge in [0.15, 0.2) is 0 Å². The van der Waals surface area contributed by atoms with Crippen molar-refractivity contribution >= 4 is 0 Å². The number of benzene rings is 1. The first-order chi connectivity index (χ1) is 6.74. The van der Waals surface area contributed by atoms with Crippen LogP contribution in [0.3, 0.4) is 0 Å². The zero-order valence-electron chi connectivity index (χ0n) is 9.53. The van der Waals surface area contributed by atoms with Crippen LogP contribution in [-0.4, -0.2) is 6.61 Å². The van der Waals surface area contributed by atoms with Gasteiger partial charge in [0.2, 0.25) is 0 Å². The van der Waals surface area contributed by atoms with Crippen LogP contribution < -0.4 is 4.74 Å². The molecule has 1 nitrogen and oxygen atoms in total. The Kier molecular flexibility index (Phi) is 7.78. The molecule has 0 radical (unpaired) electrons. The van der Waals surface area contributed by atoms with Crippen molar-refractivity contribution < 1.29 is 25.8 Å². The molecule has 0 aliphatic rings. The van der Waals surface area contributed by atoms with Gasteiger partial charge in [-0.25, -0.2) is 0 Å². The van der Waals surface area contributed by atoms with Gasteiger partial charge in [0, 0.05) is 21.1 Å². The first-order valence-electron chi connectivity index (χ1n) is 5.27. The van der Waals surface area contributed by atoms with Crippen molar-refractivity contribution in [2.75, 3.05) is 6.61 Å². The molecule has 1 aromatic rings. The van der Waals surface area contributed by atoms with E-state index >= 15 is 0 Å². The van der Waals surface area contributed by atoms with E-state index in [0.717, 1.165) is 25.2 Å². The normalized spacial score (nSPS) is 11.7. The first-order valence-corrected chi connectivity index (χ1v) is 5.27. The van der Waals surface area contributed by atoms with Gasteiger partial charge in [-0.05, 0) is 24.5 Å². The van der Waals surface area contributed by atoms with Crippen LogP contribution in [0.5, 0.6) is 5.75 Å². The van der Waals surface area contributed by atoms with Gasteiger partial charge in [0.25, 0.3) is 0 Å². The summed E-state index contributed by atoms with van der Waals surface area (Å²) in [6.45, 7) is 9.03. The number of hydrogen-bond acceptors (Lipinski definition) is 1. The molecule has 0 heterocycles. The van der Waals surface area contributed by atoms with Crippen LogP contribution in [0.4, 0.5) is 0 Å². The van der Waals surface area contributed by atoms with Crippen LogP contribution in [0.1, 0.15) is 25.8 Å². The smallest absolute Gasteiger partial charge is 0.122 e. The molecule has 0 aliphatic heterocycles. The van der Waals surface area contributed by atoms with E-state index in [4.69, 9.17) is 4.74 Å². The second-order valence-electron chi connectivity index (χ2n) is 3.77. The van der Waals surface area contributed by atoms with E-state index in [1.165, 1.54) is 5.56 Å². The molecular weight excluding hydrogens is 356 g/mol. The van der Waals surface area contributed by atoms with Crippen molar-refractivity contribution in [1.29, 1.82) is 0 Å². The standard InChI is InChI=1S/C13H19O.W/c1-4-9-14-13-8-6-5-7-12(13)10-11(2)3;/h5-8,11H,2,4,9-10H2,1,3H3;/q-1;. The van der Waals surface area contributed by atoms with E-state index < -0.39 is 0 Å². The van der Waals surface area contributed by atoms with Crippen molar-refractivity contribution in [3.8, 4) is 5.75 Å². The fourth-order valence-corrected chi connectivity index (χ4v) is 1.40. The van der Waals surface area contributed by atoms with Gasteiger partial charge in [-0.15, -0.1) is 0 Å². The third-order valence-corrected chi connectivity index (χ3v) is 2.00. The number of hydrogen-bond donors (Lipinski definition) is 0. The van der Waals surface area contributed by atoms with Crippen molar-refractivity contribution in [3.63, 3.8) is 0 Å². The average Bonchev–Trinajstić information content (AvgIpc) is 2.16. The quantitative estimate of drug-likeness (QED) is 0.717. The third kappa shape index (κ3) is 5.37. The van der Waals surface area contributed by atoms with Crippen LogP contribution in [-0.2, 0) is 27.5 Å². The Morgan fingerprint density at radius 3 is 2.60 bits per heavy atom. The molecule has 0 fully saturated rings. The van der Waals surface area contributed by atoms with Gasteiger partial charge in [-0.2, -0.15) is 5.92 Å². The monoisotopic (exact) mass is 375 g/mol. The molecule has 1 rings (SSSR count). The summed E-state index contributed by atoms with van der Waals surface area (Å²) in [7, 11) is 0. The van der Waals surface area contributed by atoms with Crippen LogP contribution >= 0.6 is 0 Å². The van der Waals surface area contributed by atoms with Crippen molar-refractivity contribution in [3.05, 3.63) is 36.8 Å². The minimum Gasteiger partial charge on any atom is -0.493 e. The molecule has 1 unspecified atom stereocenters. The van der Waals surface area contributed by atoms with E-state index in [0.29, 0.717) is 5.92 Å². The zero-order chi connectivity index (χ0) is 10.4. The largest absolute Gasteiger partial charge is 0.493 e. The Bertz CT molecular complexity index is 271. The van der Waals surface area contributed by atoms with Gasteiger partial charge < -0.3 is 11.7 Å². The molecule has 0 saturated carbocycles. The maximum Gasteiger partial charge on any atom is 0.122 e. The molecule has 0 N–H and O–H groups in total. The average molecular weight is 375 g/mol. The van der Waals surface area contributed by atoms with E-state index in [1.807, 2.05) is 12.1 Å². The van der Waals surface area contributed by atoms with E-state index in [2.05, 4.69) is 32.9 Å². The minimum absolute atomic E-state index is 0. The minimum atomic E-state index is 0. The van der Waals surface area contributed by atoms with E-state index in [1.54, 1.807) is 0 Å². The maximum atomic E-state index is 5.66. The Morgan fingerprint density at radius 1 is 1.33 bits per heavy atom. The predicted octanol–water partition coefficient (Wildman–Crippen LogP) is 3.49. The van der Waals surface area contributed by atoms with Crippen LogP contribution in [0.2, 0.25) is 0 Å². The Labute approximate surface area is 107 Å². The maximum absolute atomic E-state index is 5.66. The first kappa shape index (κ1) is 14.7. The van der Waals surface area contributed by atoms with Crippen molar-refractivity contribution in [1.82, 2.24) is 0 Å². The Morgan fingerprint density at radius 2 is 2.00 bits per heavy atom. The Balaban J connectivity index is 0.00000196. The van der Waals surface area contributed by atoms with Crippen LogP contribution in [0, 0.1) is 12.8 Å². The molecule has 0 saturated heterocycles. The van der Waals surface area contributed by atoms with Gasteiger partial charge >= 0.3 is 0 Å². The predicted molar refractivity (Wildman–Crippen MR) is 60.5 cm³/mol. The summed E-state index contributed by atoms with van der Waals surface area (Å²) in [6, 6.07) is 8.22. The summed E-state index contributed by atoms with van der Waals surface area (Å²) < 4.78 is 5.66. The SMILES string of the molecule is [CH2-]C(C)Cc1ccccc1OCCC.[W]. The number of para-hydroxylation sites is 1. The summed E-state index contributed by atoms with van der Waals surface area (Å²) in [5.41, 5.74) is 1.27. The van der Waals surface area contributed by atoms with E-state index in [9.17, 15) is 0 Å². The molecule has 0 aromatic heterocycles. The van der Waals surface area contributed by atoms with E-state index in [-0.39, 0.29) is 21.1 Å². The molecule has 1 aromatic carbocycles. The molecule has 0 spiro atoms. The zero-order valence-corrected chi connectivity index (χ0v) is 12.5. The van der Waals surface area contributed by atoms with Crippen LogP contribution in [0.25, 0.3) is 0 Å². The van der Waals surface area contributed by atoms with Crippen molar-refractivity contribution in [2.24, 2.45) is 5.92 Å². The fraction of sp³-hybridized carbons (Fsp3) is 0.462. The second kappa shape index (κ2) is 7.93. The van der Waals surface area contributed by atoms with Gasteiger partial charge in [0.05, 0.1) is 6.61 Å². The van der Waals surface area contributed by atoms with Crippen LogP contribution in [0.15, 0.2) is 24.3 Å². The van der Waals surface area contributed by atoms with Gasteiger partial charge in [-0.3, -0.25) is 0 Å². The molecule has 84 valence electrons. The molecule has 2 heteroatoms. The fourth-order valence-electron chi connectivity index (χ4n) is 1.40. The summed E-state index contributed by atoms with van der Waals surface area (Å²) >= 11 is 0. The summed E-state index contributed by atoms with van der Waals surface area (Å²) in [6.07, 6.45) is 2.04. The summed E-state index contributed by atoms with van der Waals surface area (Å²) in [4.78, 5) is 0. The number of ether oxygens (including phenoxy) is 1. The molecule has 1 atom stereocenters. The van der Waals surface area contributed by atoms with Crippen molar-refractivity contribution in [2.45, 2.75) is 26.7 Å². The second-order valence-corrected chi connectivity index (χ2v) is 3.77. The Hall–Kier alpha value is -0.292. The number of rotatable bonds is 5. The molecular formula is C13H19OW-.